The fraction of sp³-hybridized carbons (Fsp3) is 0.333. The summed E-state index contributed by atoms with van der Waals surface area (Å²) in [6, 6.07) is 6.53. The Kier molecular flexibility index (Phi) is 8.54. The summed E-state index contributed by atoms with van der Waals surface area (Å²) in [4.78, 5) is 52.7. The third kappa shape index (κ3) is 6.40. The first-order valence-electron chi connectivity index (χ1n) is 12.4. The Morgan fingerprint density at radius 1 is 1.10 bits per heavy atom. The number of nitrogens with one attached hydrogen (secondary N) is 3. The molecule has 204 valence electrons. The van der Waals surface area contributed by atoms with Gasteiger partial charge in [0, 0.05) is 18.3 Å². The van der Waals surface area contributed by atoms with Gasteiger partial charge in [-0.3, -0.25) is 14.7 Å². The predicted octanol–water partition coefficient (Wildman–Crippen LogP) is 1.58. The van der Waals surface area contributed by atoms with Crippen LogP contribution in [-0.2, 0) is 20.8 Å². The average molecular weight is 536 g/mol. The number of urea groups is 1. The summed E-state index contributed by atoms with van der Waals surface area (Å²) in [5, 5.41) is 12.2. The average Bonchev–Trinajstić information content (AvgIpc) is 3.34. The Balaban J connectivity index is 1.36. The lowest BCUT2D eigenvalue weighted by Gasteiger charge is -2.26. The lowest BCUT2D eigenvalue weighted by Crippen LogP contribution is -2.56. The van der Waals surface area contributed by atoms with E-state index in [1.807, 2.05) is 12.1 Å². The molecule has 1 aliphatic heterocycles. The Hall–Kier alpha value is -4.74. The van der Waals surface area contributed by atoms with E-state index < -0.39 is 23.8 Å². The van der Waals surface area contributed by atoms with Crippen molar-refractivity contribution in [2.24, 2.45) is 5.92 Å². The molecular formula is C27H31N6O6+. The lowest BCUT2D eigenvalue weighted by atomic mass is 9.94. The van der Waals surface area contributed by atoms with Crippen LogP contribution < -0.4 is 20.1 Å². The van der Waals surface area contributed by atoms with E-state index in [2.05, 4.69) is 20.8 Å². The summed E-state index contributed by atoms with van der Waals surface area (Å²) in [6.07, 6.45) is 7.22. The number of aromatic amines is 1. The first-order valence-corrected chi connectivity index (χ1v) is 12.4. The number of aromatic nitrogens is 2. The van der Waals surface area contributed by atoms with Crippen LogP contribution in [0.1, 0.15) is 17.7 Å². The zero-order valence-corrected chi connectivity index (χ0v) is 22.0. The van der Waals surface area contributed by atoms with Crippen molar-refractivity contribution in [3.8, 4) is 11.5 Å². The molecule has 2 aromatic rings. The minimum Gasteiger partial charge on any atom is -0.493 e. The monoisotopic (exact) mass is 535 g/mol. The van der Waals surface area contributed by atoms with Gasteiger partial charge in [-0.25, -0.2) is 4.79 Å². The molecule has 1 aromatic carbocycles. The molecule has 0 radical (unpaired) electrons. The molecule has 12 nitrogen and oxygen atoms in total. The maximum Gasteiger partial charge on any atom is 0.501 e. The summed E-state index contributed by atoms with van der Waals surface area (Å²) >= 11 is 0. The van der Waals surface area contributed by atoms with Gasteiger partial charge in [0.15, 0.2) is 23.9 Å². The van der Waals surface area contributed by atoms with E-state index in [0.717, 1.165) is 16.2 Å². The number of amides is 5. The summed E-state index contributed by atoms with van der Waals surface area (Å²) in [7, 11) is 3.12. The molecule has 1 unspecified atom stereocenters. The number of methoxy groups -OCH3 is 2. The summed E-state index contributed by atoms with van der Waals surface area (Å²) in [6.45, 7) is 1.74. The van der Waals surface area contributed by atoms with Gasteiger partial charge >= 0.3 is 11.9 Å². The Morgan fingerprint density at radius 2 is 1.90 bits per heavy atom. The maximum absolute atomic E-state index is 13.3. The summed E-state index contributed by atoms with van der Waals surface area (Å²) < 4.78 is 11.8. The minimum absolute atomic E-state index is 0.0718. The normalized spacial score (nSPS) is 16.3. The molecule has 1 atom stereocenters. The lowest BCUT2D eigenvalue weighted by molar-refractivity contribution is -0.427. The number of imide groups is 1. The molecule has 0 spiro atoms. The number of anilines is 1. The molecule has 3 N–H and O–H groups in total. The number of ether oxygens (including phenoxy) is 2. The highest BCUT2D eigenvalue weighted by Crippen LogP contribution is 2.27. The zero-order chi connectivity index (χ0) is 27.9. The second-order valence-electron chi connectivity index (χ2n) is 9.03. The van der Waals surface area contributed by atoms with Gasteiger partial charge in [0.1, 0.15) is 18.2 Å². The molecule has 0 saturated carbocycles. The van der Waals surface area contributed by atoms with Crippen LogP contribution >= 0.6 is 0 Å². The highest BCUT2D eigenvalue weighted by atomic mass is 16.5. The first-order chi connectivity index (χ1) is 18.8. The van der Waals surface area contributed by atoms with Gasteiger partial charge in [-0.05, 0) is 37.1 Å². The molecule has 0 bridgehead atoms. The van der Waals surface area contributed by atoms with Gasteiger partial charge in [0.05, 0.1) is 20.6 Å². The van der Waals surface area contributed by atoms with Crippen molar-refractivity contribution in [1.82, 2.24) is 20.4 Å². The van der Waals surface area contributed by atoms with Crippen LogP contribution in [0.4, 0.5) is 10.6 Å². The predicted molar refractivity (Wildman–Crippen MR) is 142 cm³/mol. The molecule has 0 saturated heterocycles. The van der Waals surface area contributed by atoms with E-state index in [1.54, 1.807) is 57.6 Å². The largest absolute Gasteiger partial charge is 0.501 e. The first kappa shape index (κ1) is 27.3. The SMILES string of the molecule is COc1ccc(CCNC(=O)CCN2C(=O)C3C=CC=CC3=[N+](CC(=O)Nc3cc(C)[nH]n3)C2=O)cc1OC. The fourth-order valence-corrected chi connectivity index (χ4v) is 4.37. The van der Waals surface area contributed by atoms with Crippen molar-refractivity contribution < 1.29 is 33.2 Å². The number of carbonyl (C=O) groups excluding carboxylic acids is 4. The van der Waals surface area contributed by atoms with Crippen molar-refractivity contribution in [3.63, 3.8) is 0 Å². The second-order valence-corrected chi connectivity index (χ2v) is 9.03. The summed E-state index contributed by atoms with van der Waals surface area (Å²) in [5.74, 6) is -0.374. The third-order valence-corrected chi connectivity index (χ3v) is 6.33. The molecule has 1 aliphatic carbocycles. The van der Waals surface area contributed by atoms with Gasteiger partial charge in [0.25, 0.3) is 5.91 Å². The van der Waals surface area contributed by atoms with Gasteiger partial charge < -0.3 is 20.1 Å². The van der Waals surface area contributed by atoms with Gasteiger partial charge in [-0.1, -0.05) is 24.3 Å². The molecule has 1 aromatic heterocycles. The Bertz CT molecular complexity index is 1370. The number of nitrogens with zero attached hydrogens (tertiary/aromatic N) is 3. The number of carbonyl (C=O) groups is 4. The van der Waals surface area contributed by atoms with Crippen molar-refractivity contribution in [2.75, 3.05) is 39.2 Å². The number of H-pyrrole nitrogens is 1. The molecular weight excluding hydrogens is 504 g/mol. The quantitative estimate of drug-likeness (QED) is 0.370. The molecule has 12 heteroatoms. The van der Waals surface area contributed by atoms with Gasteiger partial charge in [-0.2, -0.15) is 19.4 Å². The smallest absolute Gasteiger partial charge is 0.493 e. The second kappa shape index (κ2) is 12.2. The molecule has 0 fully saturated rings. The highest BCUT2D eigenvalue weighted by molar-refractivity contribution is 6.17. The topological polar surface area (TPSA) is 146 Å². The van der Waals surface area contributed by atoms with Crippen LogP contribution in [0.5, 0.6) is 11.5 Å². The van der Waals surface area contributed by atoms with Crippen LogP contribution in [0.25, 0.3) is 0 Å². The van der Waals surface area contributed by atoms with Crippen LogP contribution in [0.3, 0.4) is 0 Å². The minimum atomic E-state index is -0.721. The molecule has 5 amide bonds. The standard InChI is InChI=1S/C27H30N6O6/c1-17-14-23(31-30-17)29-25(35)16-33-20-7-5-4-6-19(20)26(36)32(27(33)37)13-11-24(34)28-12-10-18-8-9-21(38-2)22(15-18)39-3/h4-9,14-15,19H,10-13,16H2,1-3H3,(H2-,28,29,30,31,34,35)/p+1. The van der Waals surface area contributed by atoms with Gasteiger partial charge in [0.2, 0.25) is 5.91 Å². The van der Waals surface area contributed by atoms with Crippen LogP contribution in [0, 0.1) is 12.8 Å². The third-order valence-electron chi connectivity index (χ3n) is 6.33. The number of hydrogen-bond donors (Lipinski definition) is 3. The fourth-order valence-electron chi connectivity index (χ4n) is 4.37. The van der Waals surface area contributed by atoms with Crippen LogP contribution in [-0.4, -0.2) is 83.0 Å². The number of fused-ring (bicyclic) bond motifs is 1. The number of rotatable bonds is 11. The van der Waals surface area contributed by atoms with E-state index >= 15 is 0 Å². The maximum atomic E-state index is 13.3. The number of allylic oxidation sites excluding steroid dienone is 3. The van der Waals surface area contributed by atoms with Gasteiger partial charge in [-0.15, -0.1) is 0 Å². The number of aryl methyl sites for hydroxylation is 1. The summed E-state index contributed by atoms with van der Waals surface area (Å²) in [5.41, 5.74) is 2.14. The van der Waals surface area contributed by atoms with Crippen molar-refractivity contribution in [2.45, 2.75) is 19.8 Å². The number of hydrogen-bond acceptors (Lipinski definition) is 7. The van der Waals surface area contributed by atoms with Crippen LogP contribution in [0.15, 0.2) is 48.6 Å². The molecule has 4 rings (SSSR count). The van der Waals surface area contributed by atoms with E-state index in [-0.39, 0.29) is 25.4 Å². The zero-order valence-electron chi connectivity index (χ0n) is 22.0. The highest BCUT2D eigenvalue weighted by Gasteiger charge is 2.47. The molecule has 2 heterocycles. The van der Waals surface area contributed by atoms with Crippen molar-refractivity contribution in [1.29, 1.82) is 0 Å². The molecule has 39 heavy (non-hydrogen) atoms. The Labute approximate surface area is 225 Å². The van der Waals surface area contributed by atoms with Crippen molar-refractivity contribution in [3.05, 3.63) is 59.8 Å². The van der Waals surface area contributed by atoms with Crippen LogP contribution in [0.2, 0.25) is 0 Å². The number of benzene rings is 1. The Morgan fingerprint density at radius 3 is 2.62 bits per heavy atom. The van der Waals surface area contributed by atoms with Crippen molar-refractivity contribution >= 4 is 35.3 Å². The van der Waals surface area contributed by atoms with E-state index in [9.17, 15) is 19.2 Å². The molecule has 2 aliphatic rings. The van der Waals surface area contributed by atoms with E-state index in [0.29, 0.717) is 36.0 Å². The van der Waals surface area contributed by atoms with E-state index in [4.69, 9.17) is 9.47 Å². The van der Waals surface area contributed by atoms with E-state index in [1.165, 1.54) is 4.58 Å².